The van der Waals surface area contributed by atoms with E-state index >= 15 is 0 Å². The topological polar surface area (TPSA) is 21.8 Å². The fourth-order valence-electron chi connectivity index (χ4n) is 2.92. The van der Waals surface area contributed by atoms with E-state index in [4.69, 9.17) is 0 Å². The van der Waals surface area contributed by atoms with Gasteiger partial charge in [-0.3, -0.25) is 14.7 Å². The fourth-order valence-corrected chi connectivity index (χ4v) is 2.92. The monoisotopic (exact) mass is 300 g/mol. The van der Waals surface area contributed by atoms with Gasteiger partial charge in [-0.25, -0.2) is 0 Å². The summed E-state index contributed by atoms with van der Waals surface area (Å²) < 4.78 is 0. The lowest BCUT2D eigenvalue weighted by Crippen LogP contribution is -2.54. The average molecular weight is 301 g/mol. The lowest BCUT2D eigenvalue weighted by atomic mass is 10.3. The van der Waals surface area contributed by atoms with Crippen molar-refractivity contribution in [2.24, 2.45) is 0 Å². The van der Waals surface area contributed by atoms with Crippen molar-refractivity contribution >= 4 is 0 Å². The van der Waals surface area contributed by atoms with E-state index < -0.39 is 0 Å². The molecule has 3 heterocycles. The predicted octanol–water partition coefficient (Wildman–Crippen LogP) is 2.32. The second-order valence-electron chi connectivity index (χ2n) is 5.31. The summed E-state index contributed by atoms with van der Waals surface area (Å²) in [7, 11) is 0. The molecule has 0 spiro atoms. The summed E-state index contributed by atoms with van der Waals surface area (Å²) in [6.45, 7) is 23.4. The van der Waals surface area contributed by atoms with Gasteiger partial charge in [0.25, 0.3) is 0 Å². The third-order valence-corrected chi connectivity index (χ3v) is 3.82. The second-order valence-corrected chi connectivity index (χ2v) is 5.31. The van der Waals surface area contributed by atoms with Gasteiger partial charge in [-0.1, -0.05) is 48.0 Å². The van der Waals surface area contributed by atoms with Crippen molar-refractivity contribution in [1.29, 1.82) is 0 Å². The largest absolute Gasteiger partial charge is 0.314 e. The first-order valence-corrected chi connectivity index (χ1v) is 9.26. The van der Waals surface area contributed by atoms with Crippen molar-refractivity contribution in [2.45, 2.75) is 54.1 Å². The van der Waals surface area contributed by atoms with Gasteiger partial charge in [0, 0.05) is 58.9 Å². The van der Waals surface area contributed by atoms with Crippen molar-refractivity contribution in [3.63, 3.8) is 0 Å². The summed E-state index contributed by atoms with van der Waals surface area (Å²) in [4.78, 5) is 7.91. The Balaban J connectivity index is 0.000000500. The summed E-state index contributed by atoms with van der Waals surface area (Å²) in [5.41, 5.74) is 0. The van der Waals surface area contributed by atoms with Crippen LogP contribution in [0.5, 0.6) is 0 Å². The fraction of sp³-hybridized carbons (Fsp3) is 1.00. The molecule has 0 radical (unpaired) electrons. The van der Waals surface area contributed by atoms with Gasteiger partial charge in [0.1, 0.15) is 0 Å². The molecule has 2 bridgehead atoms. The predicted molar refractivity (Wildman–Crippen MR) is 94.9 cm³/mol. The van der Waals surface area contributed by atoms with Gasteiger partial charge in [0.15, 0.2) is 0 Å². The van der Waals surface area contributed by atoms with Crippen molar-refractivity contribution in [2.75, 3.05) is 58.9 Å². The molecule has 0 saturated carbocycles. The van der Waals surface area contributed by atoms with Crippen LogP contribution in [0.1, 0.15) is 48.0 Å². The molecule has 0 aromatic carbocycles. The summed E-state index contributed by atoms with van der Waals surface area (Å²) >= 11 is 0. The Morgan fingerprint density at radius 1 is 0.762 bits per heavy atom. The molecular formula is C17H40N4. The van der Waals surface area contributed by atoms with Crippen LogP contribution in [0, 0.1) is 0 Å². The molecule has 3 aliphatic heterocycles. The minimum Gasteiger partial charge on any atom is -0.314 e. The Morgan fingerprint density at radius 2 is 1.24 bits per heavy atom. The number of rotatable bonds is 0. The van der Waals surface area contributed by atoms with Crippen LogP contribution in [-0.2, 0) is 0 Å². The van der Waals surface area contributed by atoms with Gasteiger partial charge in [-0.2, -0.15) is 0 Å². The maximum absolute atomic E-state index is 3.52. The number of hydrogen-bond donors (Lipinski definition) is 1. The SMILES string of the molecule is C1CN2CCN3CCN(CCN1)C3C2.CC.CC.CCC. The highest BCUT2D eigenvalue weighted by Crippen LogP contribution is 2.19. The molecular weight excluding hydrogens is 260 g/mol. The molecule has 2 unspecified atom stereocenters. The van der Waals surface area contributed by atoms with Gasteiger partial charge in [0.05, 0.1) is 6.17 Å². The molecule has 1 N–H and O–H groups in total. The van der Waals surface area contributed by atoms with E-state index in [1.807, 2.05) is 27.7 Å². The number of nitrogens with one attached hydrogen (secondary N) is 1. The summed E-state index contributed by atoms with van der Waals surface area (Å²) in [6, 6.07) is 0. The Hall–Kier alpha value is -0.160. The molecule has 21 heavy (non-hydrogen) atoms. The van der Waals surface area contributed by atoms with E-state index in [1.54, 1.807) is 0 Å². The van der Waals surface area contributed by atoms with Crippen molar-refractivity contribution in [3.8, 4) is 0 Å². The summed E-state index contributed by atoms with van der Waals surface area (Å²) in [5.74, 6) is 0. The molecule has 0 aliphatic carbocycles. The molecule has 4 nitrogen and oxygen atoms in total. The van der Waals surface area contributed by atoms with Crippen LogP contribution < -0.4 is 5.32 Å². The van der Waals surface area contributed by atoms with Crippen molar-refractivity contribution in [3.05, 3.63) is 0 Å². The molecule has 0 aromatic rings. The van der Waals surface area contributed by atoms with E-state index in [2.05, 4.69) is 33.9 Å². The van der Waals surface area contributed by atoms with E-state index in [-0.39, 0.29) is 0 Å². The quantitative estimate of drug-likeness (QED) is 0.741. The number of nitrogens with zero attached hydrogens (tertiary/aromatic N) is 3. The normalized spacial score (nSPS) is 28.3. The average Bonchev–Trinajstić information content (AvgIpc) is 2.95. The van der Waals surface area contributed by atoms with Crippen molar-refractivity contribution in [1.82, 2.24) is 20.0 Å². The Kier molecular flexibility index (Phi) is 13.4. The van der Waals surface area contributed by atoms with E-state index in [0.29, 0.717) is 0 Å². The van der Waals surface area contributed by atoms with Gasteiger partial charge < -0.3 is 5.32 Å². The van der Waals surface area contributed by atoms with Crippen LogP contribution in [0.25, 0.3) is 0 Å². The first-order chi connectivity index (χ1) is 10.3. The van der Waals surface area contributed by atoms with Gasteiger partial charge in [-0.05, 0) is 0 Å². The highest BCUT2D eigenvalue weighted by molar-refractivity contribution is 4.89. The zero-order valence-electron chi connectivity index (χ0n) is 15.5. The lowest BCUT2D eigenvalue weighted by Gasteiger charge is -2.39. The zero-order chi connectivity index (χ0) is 16.1. The molecule has 3 aliphatic rings. The molecule has 3 fully saturated rings. The van der Waals surface area contributed by atoms with E-state index in [1.165, 1.54) is 58.8 Å². The van der Waals surface area contributed by atoms with Crippen LogP contribution >= 0.6 is 0 Å². The molecule has 128 valence electrons. The molecule has 0 aromatic heterocycles. The minimum atomic E-state index is 0.726. The summed E-state index contributed by atoms with van der Waals surface area (Å²) in [6.07, 6.45) is 1.98. The Bertz CT molecular complexity index is 221. The third kappa shape index (κ3) is 7.09. The Morgan fingerprint density at radius 3 is 1.86 bits per heavy atom. The van der Waals surface area contributed by atoms with Crippen LogP contribution in [0.3, 0.4) is 0 Å². The second kappa shape index (κ2) is 13.5. The first-order valence-electron chi connectivity index (χ1n) is 9.26. The van der Waals surface area contributed by atoms with E-state index in [0.717, 1.165) is 12.7 Å². The molecule has 3 rings (SSSR count). The number of hydrogen-bond acceptors (Lipinski definition) is 4. The molecule has 4 heteroatoms. The number of fused-ring (bicyclic) bond motifs is 1. The van der Waals surface area contributed by atoms with Crippen LogP contribution in [-0.4, -0.2) is 79.8 Å². The maximum Gasteiger partial charge on any atom is 0.0755 e. The van der Waals surface area contributed by atoms with E-state index in [9.17, 15) is 0 Å². The van der Waals surface area contributed by atoms with Crippen molar-refractivity contribution < 1.29 is 0 Å². The van der Waals surface area contributed by atoms with Crippen LogP contribution in [0.15, 0.2) is 0 Å². The zero-order valence-corrected chi connectivity index (χ0v) is 15.5. The van der Waals surface area contributed by atoms with Gasteiger partial charge >= 0.3 is 0 Å². The number of piperazine rings is 1. The third-order valence-electron chi connectivity index (χ3n) is 3.82. The maximum atomic E-state index is 3.52. The Labute approximate surface area is 133 Å². The lowest BCUT2D eigenvalue weighted by molar-refractivity contribution is 0.0475. The summed E-state index contributed by atoms with van der Waals surface area (Å²) in [5, 5.41) is 3.52. The smallest absolute Gasteiger partial charge is 0.0755 e. The molecule has 3 saturated heterocycles. The first kappa shape index (κ1) is 20.8. The van der Waals surface area contributed by atoms with Crippen LogP contribution in [0.2, 0.25) is 0 Å². The van der Waals surface area contributed by atoms with Gasteiger partial charge in [-0.15, -0.1) is 0 Å². The molecule has 0 amide bonds. The van der Waals surface area contributed by atoms with Gasteiger partial charge in [0.2, 0.25) is 0 Å². The minimum absolute atomic E-state index is 0.726. The molecule has 2 atom stereocenters. The highest BCUT2D eigenvalue weighted by Gasteiger charge is 2.36. The standard InChI is InChI=1S/C10H20N4.C3H8.2C2H6/c1-3-12-5-6-14-8-7-13(4-2-11-1)10(14)9-12;1-3-2;2*1-2/h10-11H,1-9H2;3H2,1-2H3;2*1-2H3. The highest BCUT2D eigenvalue weighted by atomic mass is 15.5. The van der Waals surface area contributed by atoms with Crippen LogP contribution in [0.4, 0.5) is 0 Å².